The minimum absolute atomic E-state index is 0. The molecule has 2 saturated heterocycles. The highest BCUT2D eigenvalue weighted by molar-refractivity contribution is 14.0. The minimum Gasteiger partial charge on any atom is -0.356 e. The van der Waals surface area contributed by atoms with Crippen LogP contribution >= 0.6 is 35.7 Å². The van der Waals surface area contributed by atoms with Gasteiger partial charge in [0.25, 0.3) is 0 Å². The van der Waals surface area contributed by atoms with Gasteiger partial charge in [-0.1, -0.05) is 13.8 Å². The molecule has 2 rings (SSSR count). The van der Waals surface area contributed by atoms with E-state index in [1.54, 1.807) is 0 Å². The molecule has 2 atom stereocenters. The van der Waals surface area contributed by atoms with Gasteiger partial charge in [0.15, 0.2) is 5.96 Å². The molecule has 0 aromatic carbocycles. The maximum Gasteiger partial charge on any atom is 0.193 e. The van der Waals surface area contributed by atoms with Crippen molar-refractivity contribution in [2.24, 2.45) is 10.9 Å². The van der Waals surface area contributed by atoms with Gasteiger partial charge in [0.1, 0.15) is 0 Å². The van der Waals surface area contributed by atoms with Crippen LogP contribution in [0.2, 0.25) is 0 Å². The van der Waals surface area contributed by atoms with Crippen LogP contribution in [0.3, 0.4) is 0 Å². The van der Waals surface area contributed by atoms with Gasteiger partial charge in [-0.2, -0.15) is 11.8 Å². The van der Waals surface area contributed by atoms with Crippen LogP contribution in [0.5, 0.6) is 0 Å². The van der Waals surface area contributed by atoms with Gasteiger partial charge in [-0.15, -0.1) is 24.0 Å². The summed E-state index contributed by atoms with van der Waals surface area (Å²) in [4.78, 5) is 12.0. The molecule has 0 aliphatic carbocycles. The second kappa shape index (κ2) is 11.8. The van der Waals surface area contributed by atoms with Crippen molar-refractivity contribution in [1.29, 1.82) is 0 Å². The molecular formula is C17H36IN5S. The smallest absolute Gasteiger partial charge is 0.193 e. The van der Waals surface area contributed by atoms with E-state index in [4.69, 9.17) is 0 Å². The van der Waals surface area contributed by atoms with Crippen LogP contribution in [0.1, 0.15) is 20.3 Å². The van der Waals surface area contributed by atoms with E-state index in [0.29, 0.717) is 5.92 Å². The second-order valence-corrected chi connectivity index (χ2v) is 8.39. The Balaban J connectivity index is 0.00000288. The molecule has 0 aromatic heterocycles. The summed E-state index contributed by atoms with van der Waals surface area (Å²) in [5.74, 6) is 2.96. The maximum absolute atomic E-state index is 4.51. The molecule has 2 aliphatic heterocycles. The topological polar surface area (TPSA) is 34.1 Å². The SMILES string of the molecule is CCC1CN(C(=NC)NCC(C)CN2CCN(C)CC2)CCS1.I. The number of rotatable bonds is 5. The van der Waals surface area contributed by atoms with Gasteiger partial charge in [0, 0.05) is 70.4 Å². The molecule has 142 valence electrons. The zero-order chi connectivity index (χ0) is 16.7. The van der Waals surface area contributed by atoms with E-state index < -0.39 is 0 Å². The van der Waals surface area contributed by atoms with Gasteiger partial charge in [0.2, 0.25) is 0 Å². The first kappa shape index (κ1) is 22.3. The Labute approximate surface area is 170 Å². The lowest BCUT2D eigenvalue weighted by molar-refractivity contribution is 0.139. The van der Waals surface area contributed by atoms with Crippen molar-refractivity contribution >= 4 is 41.7 Å². The van der Waals surface area contributed by atoms with E-state index in [1.165, 1.54) is 44.9 Å². The average Bonchev–Trinajstić information content (AvgIpc) is 2.58. The number of guanidine groups is 1. The first-order valence-corrected chi connectivity index (χ1v) is 10.1. The first-order valence-electron chi connectivity index (χ1n) is 9.10. The van der Waals surface area contributed by atoms with E-state index in [1.807, 2.05) is 7.05 Å². The Bertz CT molecular complexity index is 374. The summed E-state index contributed by atoms with van der Waals surface area (Å²) in [5, 5.41) is 4.37. The summed E-state index contributed by atoms with van der Waals surface area (Å²) in [6, 6.07) is 0. The number of hydrogen-bond donors (Lipinski definition) is 1. The highest BCUT2D eigenvalue weighted by atomic mass is 127. The van der Waals surface area contributed by atoms with E-state index in [9.17, 15) is 0 Å². The molecule has 2 heterocycles. The van der Waals surface area contributed by atoms with Gasteiger partial charge in [-0.05, 0) is 19.4 Å². The van der Waals surface area contributed by atoms with E-state index in [2.05, 4.69) is 57.7 Å². The quantitative estimate of drug-likeness (QED) is 0.378. The molecule has 0 spiro atoms. The van der Waals surface area contributed by atoms with Crippen LogP contribution in [0.4, 0.5) is 0 Å². The number of piperazine rings is 1. The number of aliphatic imine (C=N–C) groups is 1. The molecule has 0 saturated carbocycles. The fourth-order valence-electron chi connectivity index (χ4n) is 3.29. The largest absolute Gasteiger partial charge is 0.356 e. The minimum atomic E-state index is 0. The molecule has 0 radical (unpaired) electrons. The molecule has 24 heavy (non-hydrogen) atoms. The van der Waals surface area contributed by atoms with Crippen molar-refractivity contribution in [2.75, 3.05) is 72.2 Å². The normalized spacial score (nSPS) is 25.2. The Morgan fingerprint density at radius 1 is 1.25 bits per heavy atom. The molecule has 2 fully saturated rings. The fraction of sp³-hybridized carbons (Fsp3) is 0.941. The van der Waals surface area contributed by atoms with Crippen LogP contribution in [0, 0.1) is 5.92 Å². The molecule has 1 N–H and O–H groups in total. The molecule has 0 bridgehead atoms. The third kappa shape index (κ3) is 7.25. The molecule has 5 nitrogen and oxygen atoms in total. The van der Waals surface area contributed by atoms with E-state index in [0.717, 1.165) is 30.8 Å². The van der Waals surface area contributed by atoms with Gasteiger partial charge in [-0.3, -0.25) is 4.99 Å². The number of nitrogens with zero attached hydrogens (tertiary/aromatic N) is 4. The van der Waals surface area contributed by atoms with Crippen molar-refractivity contribution in [2.45, 2.75) is 25.5 Å². The van der Waals surface area contributed by atoms with Crippen LogP contribution in [-0.4, -0.2) is 98.1 Å². The first-order chi connectivity index (χ1) is 11.1. The number of nitrogens with one attached hydrogen (secondary N) is 1. The summed E-state index contributed by atoms with van der Waals surface area (Å²) in [6.45, 7) is 13.9. The number of thioether (sulfide) groups is 1. The van der Waals surface area contributed by atoms with Crippen molar-refractivity contribution in [3.05, 3.63) is 0 Å². The average molecular weight is 469 g/mol. The molecule has 0 amide bonds. The Morgan fingerprint density at radius 3 is 2.58 bits per heavy atom. The third-order valence-electron chi connectivity index (χ3n) is 4.88. The summed E-state index contributed by atoms with van der Waals surface area (Å²) < 4.78 is 0. The van der Waals surface area contributed by atoms with Gasteiger partial charge in [-0.25, -0.2) is 0 Å². The van der Waals surface area contributed by atoms with Crippen LogP contribution < -0.4 is 5.32 Å². The third-order valence-corrected chi connectivity index (χ3v) is 6.25. The van der Waals surface area contributed by atoms with Crippen molar-refractivity contribution in [3.8, 4) is 0 Å². The molecule has 0 aromatic rings. The lowest BCUT2D eigenvalue weighted by Gasteiger charge is -2.36. The number of hydrogen-bond acceptors (Lipinski definition) is 4. The van der Waals surface area contributed by atoms with Gasteiger partial charge < -0.3 is 20.0 Å². The van der Waals surface area contributed by atoms with E-state index in [-0.39, 0.29) is 24.0 Å². The fourth-order valence-corrected chi connectivity index (χ4v) is 4.47. The Hall–Kier alpha value is 0.270. The molecular weight excluding hydrogens is 433 g/mol. The summed E-state index contributed by atoms with van der Waals surface area (Å²) in [6.07, 6.45) is 1.25. The summed E-state index contributed by atoms with van der Waals surface area (Å²) >= 11 is 2.11. The Morgan fingerprint density at radius 2 is 1.96 bits per heavy atom. The van der Waals surface area contributed by atoms with Crippen LogP contribution in [-0.2, 0) is 0 Å². The summed E-state index contributed by atoms with van der Waals surface area (Å²) in [7, 11) is 4.13. The second-order valence-electron chi connectivity index (χ2n) is 6.98. The predicted molar refractivity (Wildman–Crippen MR) is 118 cm³/mol. The van der Waals surface area contributed by atoms with Crippen LogP contribution in [0.25, 0.3) is 0 Å². The van der Waals surface area contributed by atoms with E-state index >= 15 is 0 Å². The Kier molecular flexibility index (Phi) is 11.0. The zero-order valence-electron chi connectivity index (χ0n) is 15.8. The van der Waals surface area contributed by atoms with Crippen molar-refractivity contribution < 1.29 is 0 Å². The molecule has 7 heteroatoms. The standard InChI is InChI=1S/C17H35N5S.HI/c1-5-16-14-22(10-11-23-16)17(18-3)19-12-15(2)13-21-8-6-20(4)7-9-21;/h15-16H,5-14H2,1-4H3,(H,18,19);1H. The highest BCUT2D eigenvalue weighted by Crippen LogP contribution is 2.21. The zero-order valence-corrected chi connectivity index (χ0v) is 19.0. The van der Waals surface area contributed by atoms with Crippen molar-refractivity contribution in [1.82, 2.24) is 20.0 Å². The maximum atomic E-state index is 4.51. The lowest BCUT2D eigenvalue weighted by atomic mass is 10.1. The van der Waals surface area contributed by atoms with Gasteiger partial charge >= 0.3 is 0 Å². The number of likely N-dealkylation sites (N-methyl/N-ethyl adjacent to an activating group) is 1. The van der Waals surface area contributed by atoms with Crippen LogP contribution in [0.15, 0.2) is 4.99 Å². The number of halogens is 1. The predicted octanol–water partition coefficient (Wildman–Crippen LogP) is 1.89. The monoisotopic (exact) mass is 469 g/mol. The van der Waals surface area contributed by atoms with Gasteiger partial charge in [0.05, 0.1) is 0 Å². The summed E-state index contributed by atoms with van der Waals surface area (Å²) in [5.41, 5.74) is 0. The highest BCUT2D eigenvalue weighted by Gasteiger charge is 2.22. The molecule has 2 aliphatic rings. The lowest BCUT2D eigenvalue weighted by Crippen LogP contribution is -2.50. The van der Waals surface area contributed by atoms with Crippen molar-refractivity contribution in [3.63, 3.8) is 0 Å². The molecule has 2 unspecified atom stereocenters.